The van der Waals surface area contributed by atoms with Crippen LogP contribution >= 0.6 is 11.6 Å². The van der Waals surface area contributed by atoms with Gasteiger partial charge in [0.25, 0.3) is 0 Å². The first kappa shape index (κ1) is 15.9. The first-order valence-electron chi connectivity index (χ1n) is 6.54. The van der Waals surface area contributed by atoms with Crippen LogP contribution in [0.2, 0.25) is 5.02 Å². The highest BCUT2D eigenvalue weighted by atomic mass is 35.5. The van der Waals surface area contributed by atoms with Gasteiger partial charge in [0.05, 0.1) is 11.1 Å². The van der Waals surface area contributed by atoms with Crippen LogP contribution in [0.3, 0.4) is 0 Å². The van der Waals surface area contributed by atoms with E-state index >= 15 is 0 Å². The minimum atomic E-state index is -1.25. The number of aryl methyl sites for hydroxylation is 1. The van der Waals surface area contributed by atoms with Crippen LogP contribution in [0.1, 0.15) is 28.7 Å². The lowest BCUT2D eigenvalue weighted by molar-refractivity contribution is 0.141. The van der Waals surface area contributed by atoms with Gasteiger partial charge in [-0.15, -0.1) is 0 Å². The summed E-state index contributed by atoms with van der Waals surface area (Å²) >= 11 is 5.75. The lowest BCUT2D eigenvalue weighted by atomic mass is 9.88. The topological polar surface area (TPSA) is 46.2 Å². The highest BCUT2D eigenvalue weighted by molar-refractivity contribution is 6.30. The van der Waals surface area contributed by atoms with Crippen LogP contribution in [0.15, 0.2) is 36.4 Å². The third-order valence-corrected chi connectivity index (χ3v) is 3.85. The Morgan fingerprint density at radius 3 is 2.38 bits per heavy atom. The van der Waals surface area contributed by atoms with Gasteiger partial charge in [-0.25, -0.2) is 8.78 Å². The Hall–Kier alpha value is -1.49. The molecule has 2 aromatic rings. The quantitative estimate of drug-likeness (QED) is 0.904. The van der Waals surface area contributed by atoms with Crippen molar-refractivity contribution in [1.82, 2.24) is 0 Å². The largest absolute Gasteiger partial charge is 0.388 e. The van der Waals surface area contributed by atoms with Gasteiger partial charge in [0.15, 0.2) is 0 Å². The molecule has 0 saturated heterocycles. The molecular weight excluding hydrogens is 296 g/mol. The standard InChI is InChI=1S/C16H16ClF2NO/c1-9-4-2-6-11(14(9)18)16(21)12(8-20)10-5-3-7-13(17)15(10)19/h2-7,12,16,21H,8,20H2,1H3. The van der Waals surface area contributed by atoms with Crippen molar-refractivity contribution in [2.75, 3.05) is 6.54 Å². The fourth-order valence-electron chi connectivity index (χ4n) is 2.35. The predicted molar refractivity (Wildman–Crippen MR) is 79.3 cm³/mol. The molecule has 0 aliphatic carbocycles. The van der Waals surface area contributed by atoms with Crippen molar-refractivity contribution >= 4 is 11.6 Å². The zero-order valence-electron chi connectivity index (χ0n) is 11.5. The molecule has 0 aromatic heterocycles. The zero-order valence-corrected chi connectivity index (χ0v) is 12.2. The molecule has 0 fully saturated rings. The lowest BCUT2D eigenvalue weighted by Crippen LogP contribution is -2.22. The summed E-state index contributed by atoms with van der Waals surface area (Å²) in [5, 5.41) is 10.4. The van der Waals surface area contributed by atoms with Gasteiger partial charge in [-0.2, -0.15) is 0 Å². The molecule has 2 aromatic carbocycles. The normalized spacial score (nSPS) is 14.0. The van der Waals surface area contributed by atoms with E-state index in [0.29, 0.717) is 5.56 Å². The van der Waals surface area contributed by atoms with Crippen LogP contribution in [-0.2, 0) is 0 Å². The number of hydrogen-bond acceptors (Lipinski definition) is 2. The van der Waals surface area contributed by atoms with E-state index in [-0.39, 0.29) is 22.7 Å². The van der Waals surface area contributed by atoms with Gasteiger partial charge in [-0.05, 0) is 24.1 Å². The molecule has 2 unspecified atom stereocenters. The third kappa shape index (κ3) is 3.07. The second-order valence-corrected chi connectivity index (χ2v) is 5.32. The fraction of sp³-hybridized carbons (Fsp3) is 0.250. The zero-order chi connectivity index (χ0) is 15.6. The third-order valence-electron chi connectivity index (χ3n) is 3.56. The Balaban J connectivity index is 2.46. The Bertz CT molecular complexity index is 648. The molecule has 21 heavy (non-hydrogen) atoms. The van der Waals surface area contributed by atoms with Crippen LogP contribution in [0.25, 0.3) is 0 Å². The fourth-order valence-corrected chi connectivity index (χ4v) is 2.53. The molecule has 112 valence electrons. The minimum Gasteiger partial charge on any atom is -0.388 e. The molecule has 0 spiro atoms. The number of aliphatic hydroxyl groups is 1. The average molecular weight is 312 g/mol. The van der Waals surface area contributed by atoms with E-state index in [4.69, 9.17) is 17.3 Å². The molecule has 0 heterocycles. The molecule has 0 amide bonds. The maximum atomic E-state index is 14.1. The molecule has 0 radical (unpaired) electrons. The Kier molecular flexibility index (Phi) is 4.93. The summed E-state index contributed by atoms with van der Waals surface area (Å²) in [6, 6.07) is 9.19. The first-order chi connectivity index (χ1) is 9.97. The van der Waals surface area contributed by atoms with Gasteiger partial charge < -0.3 is 10.8 Å². The Morgan fingerprint density at radius 1 is 1.10 bits per heavy atom. The van der Waals surface area contributed by atoms with Crippen LogP contribution in [-0.4, -0.2) is 11.7 Å². The summed E-state index contributed by atoms with van der Waals surface area (Å²) in [5.74, 6) is -1.92. The van der Waals surface area contributed by atoms with E-state index in [0.717, 1.165) is 0 Å². The van der Waals surface area contributed by atoms with Crippen LogP contribution < -0.4 is 5.73 Å². The van der Waals surface area contributed by atoms with E-state index in [9.17, 15) is 13.9 Å². The van der Waals surface area contributed by atoms with Gasteiger partial charge in [-0.1, -0.05) is 41.9 Å². The van der Waals surface area contributed by atoms with Gasteiger partial charge >= 0.3 is 0 Å². The minimum absolute atomic E-state index is 0.0359. The van der Waals surface area contributed by atoms with Crippen LogP contribution in [0.5, 0.6) is 0 Å². The maximum Gasteiger partial charge on any atom is 0.145 e. The summed E-state index contributed by atoms with van der Waals surface area (Å²) in [7, 11) is 0. The molecule has 0 aliphatic rings. The number of nitrogens with two attached hydrogens (primary N) is 1. The van der Waals surface area contributed by atoms with Gasteiger partial charge in [-0.3, -0.25) is 0 Å². The average Bonchev–Trinajstić information content (AvgIpc) is 2.47. The van der Waals surface area contributed by atoms with Crippen molar-refractivity contribution in [1.29, 1.82) is 0 Å². The van der Waals surface area contributed by atoms with Crippen LogP contribution in [0.4, 0.5) is 8.78 Å². The number of benzene rings is 2. The smallest absolute Gasteiger partial charge is 0.145 e. The van der Waals surface area contributed by atoms with Crippen molar-refractivity contribution in [3.05, 3.63) is 69.7 Å². The summed E-state index contributed by atoms with van der Waals surface area (Å²) in [5.41, 5.74) is 6.35. The number of rotatable bonds is 4. The molecular formula is C16H16ClF2NO. The molecule has 0 bridgehead atoms. The van der Waals surface area contributed by atoms with Crippen molar-refractivity contribution in [3.8, 4) is 0 Å². The summed E-state index contributed by atoms with van der Waals surface area (Å²) in [4.78, 5) is 0. The number of aliphatic hydroxyl groups excluding tert-OH is 1. The van der Waals surface area contributed by atoms with Gasteiger partial charge in [0.1, 0.15) is 11.6 Å². The SMILES string of the molecule is Cc1cccc(C(O)C(CN)c2cccc(Cl)c2F)c1F. The van der Waals surface area contributed by atoms with Crippen molar-refractivity contribution in [2.24, 2.45) is 5.73 Å². The van der Waals surface area contributed by atoms with E-state index in [1.165, 1.54) is 18.2 Å². The van der Waals surface area contributed by atoms with Crippen molar-refractivity contribution in [3.63, 3.8) is 0 Å². The van der Waals surface area contributed by atoms with E-state index in [1.807, 2.05) is 0 Å². The Morgan fingerprint density at radius 2 is 1.71 bits per heavy atom. The molecule has 5 heteroatoms. The molecule has 2 nitrogen and oxygen atoms in total. The van der Waals surface area contributed by atoms with E-state index in [1.54, 1.807) is 25.1 Å². The summed E-state index contributed by atoms with van der Waals surface area (Å²) in [6.07, 6.45) is -1.25. The van der Waals surface area contributed by atoms with E-state index in [2.05, 4.69) is 0 Å². The second-order valence-electron chi connectivity index (χ2n) is 4.91. The molecule has 3 N–H and O–H groups in total. The molecule has 2 atom stereocenters. The maximum absolute atomic E-state index is 14.1. The predicted octanol–water partition coefficient (Wildman–Crippen LogP) is 3.70. The van der Waals surface area contributed by atoms with Gasteiger partial charge in [0.2, 0.25) is 0 Å². The van der Waals surface area contributed by atoms with Gasteiger partial charge in [0, 0.05) is 18.0 Å². The summed E-state index contributed by atoms with van der Waals surface area (Å²) in [6.45, 7) is 1.56. The molecule has 0 aliphatic heterocycles. The van der Waals surface area contributed by atoms with Crippen molar-refractivity contribution < 1.29 is 13.9 Å². The van der Waals surface area contributed by atoms with Crippen LogP contribution in [0, 0.1) is 18.6 Å². The number of halogens is 3. The van der Waals surface area contributed by atoms with Crippen molar-refractivity contribution in [2.45, 2.75) is 18.9 Å². The monoisotopic (exact) mass is 311 g/mol. The van der Waals surface area contributed by atoms with E-state index < -0.39 is 23.7 Å². The Labute approximate surface area is 127 Å². The number of hydrogen-bond donors (Lipinski definition) is 2. The second kappa shape index (κ2) is 6.52. The lowest BCUT2D eigenvalue weighted by Gasteiger charge is -2.23. The highest BCUT2D eigenvalue weighted by Crippen LogP contribution is 2.35. The molecule has 2 rings (SSSR count). The highest BCUT2D eigenvalue weighted by Gasteiger charge is 2.27. The molecule has 0 saturated carbocycles. The first-order valence-corrected chi connectivity index (χ1v) is 6.92. The summed E-state index contributed by atoms with van der Waals surface area (Å²) < 4.78 is 28.2.